The number of carboxylic acid groups (broad SMARTS) is 1. The number of benzene rings is 1. The number of aliphatic hydroxyl groups excluding tert-OH is 1. The Morgan fingerprint density at radius 1 is 1.40 bits per heavy atom. The van der Waals surface area contributed by atoms with Crippen LogP contribution in [0.15, 0.2) is 18.2 Å². The fraction of sp³-hybridized carbons (Fsp3) is 0.533. The minimum atomic E-state index is -1.21. The molecule has 0 heterocycles. The lowest BCUT2D eigenvalue weighted by Crippen LogP contribution is -2.24. The summed E-state index contributed by atoms with van der Waals surface area (Å²) in [6.07, 6.45) is 0.661. The Bertz CT molecular complexity index is 504. The molecule has 0 radical (unpaired) electrons. The molecule has 0 spiro atoms. The number of hydrogen-bond acceptors (Lipinski definition) is 2. The molecule has 20 heavy (non-hydrogen) atoms. The Labute approximate surface area is 116 Å². The van der Waals surface area contributed by atoms with Gasteiger partial charge in [-0.3, -0.25) is 4.79 Å². The van der Waals surface area contributed by atoms with Gasteiger partial charge in [0.25, 0.3) is 0 Å². The first-order chi connectivity index (χ1) is 9.43. The molecular formula is C15H18F2O3. The third-order valence-electron chi connectivity index (χ3n) is 4.29. The second-order valence-corrected chi connectivity index (χ2v) is 5.46. The van der Waals surface area contributed by atoms with Crippen molar-refractivity contribution < 1.29 is 23.8 Å². The molecule has 4 atom stereocenters. The zero-order valence-electron chi connectivity index (χ0n) is 11.2. The molecule has 1 fully saturated rings. The van der Waals surface area contributed by atoms with Gasteiger partial charge in [0.05, 0.1) is 12.0 Å². The molecule has 0 aromatic heterocycles. The maximum atomic E-state index is 13.7. The van der Waals surface area contributed by atoms with E-state index in [1.54, 1.807) is 0 Å². The van der Waals surface area contributed by atoms with Crippen molar-refractivity contribution in [2.75, 3.05) is 0 Å². The summed E-state index contributed by atoms with van der Waals surface area (Å²) in [5, 5.41) is 19.5. The first kappa shape index (κ1) is 14.9. The topological polar surface area (TPSA) is 57.5 Å². The van der Waals surface area contributed by atoms with E-state index >= 15 is 0 Å². The summed E-state index contributed by atoms with van der Waals surface area (Å²) in [4.78, 5) is 11.3. The molecule has 0 amide bonds. The normalized spacial score (nSPS) is 27.5. The van der Waals surface area contributed by atoms with Gasteiger partial charge in [-0.2, -0.15) is 0 Å². The van der Waals surface area contributed by atoms with E-state index in [1.165, 1.54) is 6.07 Å². The average Bonchev–Trinajstić information content (AvgIpc) is 2.82. The fourth-order valence-electron chi connectivity index (χ4n) is 3.12. The zero-order chi connectivity index (χ0) is 14.9. The predicted molar refractivity (Wildman–Crippen MR) is 68.9 cm³/mol. The maximum absolute atomic E-state index is 13.7. The summed E-state index contributed by atoms with van der Waals surface area (Å²) in [7, 11) is 0. The van der Waals surface area contributed by atoms with E-state index in [4.69, 9.17) is 0 Å². The largest absolute Gasteiger partial charge is 0.481 e. The SMILES string of the molecule is CCC1CC(C(=O)O)C(C(O)c2ccc(F)cc2F)C1. The Morgan fingerprint density at radius 3 is 2.65 bits per heavy atom. The number of rotatable bonds is 4. The van der Waals surface area contributed by atoms with Crippen LogP contribution in [0.1, 0.15) is 37.9 Å². The Hall–Kier alpha value is -1.49. The molecule has 4 unspecified atom stereocenters. The van der Waals surface area contributed by atoms with E-state index in [2.05, 4.69) is 0 Å². The van der Waals surface area contributed by atoms with Crippen LogP contribution >= 0.6 is 0 Å². The maximum Gasteiger partial charge on any atom is 0.306 e. The smallest absolute Gasteiger partial charge is 0.306 e. The van der Waals surface area contributed by atoms with Crippen molar-refractivity contribution in [1.29, 1.82) is 0 Å². The highest BCUT2D eigenvalue weighted by Gasteiger charge is 2.42. The van der Waals surface area contributed by atoms with Crippen molar-refractivity contribution >= 4 is 5.97 Å². The summed E-state index contributed by atoms with van der Waals surface area (Å²) < 4.78 is 26.6. The number of carbonyl (C=O) groups is 1. The van der Waals surface area contributed by atoms with Gasteiger partial charge in [0.1, 0.15) is 11.6 Å². The molecule has 2 N–H and O–H groups in total. The Kier molecular flexibility index (Phi) is 4.38. The highest BCUT2D eigenvalue weighted by molar-refractivity contribution is 5.71. The summed E-state index contributed by atoms with van der Waals surface area (Å²) in [6.45, 7) is 1.97. The van der Waals surface area contributed by atoms with E-state index in [9.17, 15) is 23.8 Å². The van der Waals surface area contributed by atoms with Gasteiger partial charge in [0, 0.05) is 17.5 Å². The van der Waals surface area contributed by atoms with Crippen molar-refractivity contribution in [3.8, 4) is 0 Å². The van der Waals surface area contributed by atoms with Gasteiger partial charge < -0.3 is 10.2 Å². The lowest BCUT2D eigenvalue weighted by Gasteiger charge is -2.23. The van der Waals surface area contributed by atoms with Crippen molar-refractivity contribution in [2.24, 2.45) is 17.8 Å². The molecule has 0 aliphatic heterocycles. The highest BCUT2D eigenvalue weighted by Crippen LogP contribution is 2.45. The first-order valence-electron chi connectivity index (χ1n) is 6.79. The number of hydrogen-bond donors (Lipinski definition) is 2. The van der Waals surface area contributed by atoms with Gasteiger partial charge >= 0.3 is 5.97 Å². The predicted octanol–water partition coefficient (Wildman–Crippen LogP) is 3.14. The van der Waals surface area contributed by atoms with Crippen LogP contribution in [0.25, 0.3) is 0 Å². The van der Waals surface area contributed by atoms with Crippen molar-refractivity contribution in [3.05, 3.63) is 35.4 Å². The lowest BCUT2D eigenvalue weighted by molar-refractivity contribution is -0.144. The minimum Gasteiger partial charge on any atom is -0.481 e. The van der Waals surface area contributed by atoms with Crippen LogP contribution in [0.5, 0.6) is 0 Å². The van der Waals surface area contributed by atoms with Gasteiger partial charge in [-0.1, -0.05) is 19.4 Å². The molecule has 1 saturated carbocycles. The van der Waals surface area contributed by atoms with E-state index < -0.39 is 35.5 Å². The number of aliphatic carboxylic acids is 1. The molecule has 5 heteroatoms. The van der Waals surface area contributed by atoms with Crippen LogP contribution in [0.2, 0.25) is 0 Å². The average molecular weight is 284 g/mol. The van der Waals surface area contributed by atoms with Gasteiger partial charge in [0.2, 0.25) is 0 Å². The third-order valence-corrected chi connectivity index (χ3v) is 4.29. The second-order valence-electron chi connectivity index (χ2n) is 5.46. The molecule has 1 aliphatic carbocycles. The summed E-state index contributed by atoms with van der Waals surface area (Å²) in [5.74, 6) is -3.50. The zero-order valence-corrected chi connectivity index (χ0v) is 11.2. The summed E-state index contributed by atoms with van der Waals surface area (Å²) in [6, 6.07) is 2.97. The van der Waals surface area contributed by atoms with E-state index in [-0.39, 0.29) is 11.5 Å². The first-order valence-corrected chi connectivity index (χ1v) is 6.79. The van der Waals surface area contributed by atoms with Gasteiger partial charge in [-0.15, -0.1) is 0 Å². The molecule has 1 aliphatic rings. The van der Waals surface area contributed by atoms with Gasteiger partial charge in [0.15, 0.2) is 0 Å². The summed E-state index contributed by atoms with van der Waals surface area (Å²) in [5.41, 5.74) is -0.0283. The lowest BCUT2D eigenvalue weighted by atomic mass is 9.86. The standard InChI is InChI=1S/C15H18F2O3/c1-2-8-5-11(12(6-8)15(19)20)14(18)10-4-3-9(16)7-13(10)17/h3-4,7-8,11-12,14,18H,2,5-6H2,1H3,(H,19,20). The Balaban J connectivity index is 2.26. The monoisotopic (exact) mass is 284 g/mol. The van der Waals surface area contributed by atoms with Gasteiger partial charge in [-0.05, 0) is 24.8 Å². The minimum absolute atomic E-state index is 0.0283. The highest BCUT2D eigenvalue weighted by atomic mass is 19.1. The van der Waals surface area contributed by atoms with Crippen molar-refractivity contribution in [1.82, 2.24) is 0 Å². The molecule has 0 saturated heterocycles. The third kappa shape index (κ3) is 2.82. The van der Waals surface area contributed by atoms with E-state index in [0.29, 0.717) is 18.9 Å². The van der Waals surface area contributed by atoms with E-state index in [1.807, 2.05) is 6.92 Å². The Morgan fingerprint density at radius 2 is 2.10 bits per heavy atom. The molecule has 110 valence electrons. The van der Waals surface area contributed by atoms with Crippen LogP contribution in [0.4, 0.5) is 8.78 Å². The van der Waals surface area contributed by atoms with Gasteiger partial charge in [-0.25, -0.2) is 8.78 Å². The summed E-state index contributed by atoms with van der Waals surface area (Å²) >= 11 is 0. The molecule has 0 bridgehead atoms. The van der Waals surface area contributed by atoms with Crippen LogP contribution in [-0.4, -0.2) is 16.2 Å². The molecule has 3 nitrogen and oxygen atoms in total. The molecule has 2 rings (SSSR count). The number of aliphatic hydroxyl groups is 1. The van der Waals surface area contributed by atoms with Crippen molar-refractivity contribution in [2.45, 2.75) is 32.3 Å². The fourth-order valence-corrected chi connectivity index (χ4v) is 3.12. The van der Waals surface area contributed by atoms with E-state index in [0.717, 1.165) is 12.5 Å². The molecular weight excluding hydrogens is 266 g/mol. The second kappa shape index (κ2) is 5.87. The van der Waals surface area contributed by atoms with Crippen LogP contribution in [0, 0.1) is 29.4 Å². The van der Waals surface area contributed by atoms with Crippen LogP contribution in [0.3, 0.4) is 0 Å². The number of carboxylic acids is 1. The van der Waals surface area contributed by atoms with Crippen molar-refractivity contribution in [3.63, 3.8) is 0 Å². The number of halogens is 2. The van der Waals surface area contributed by atoms with Crippen LogP contribution in [-0.2, 0) is 4.79 Å². The quantitative estimate of drug-likeness (QED) is 0.893. The van der Waals surface area contributed by atoms with Crippen LogP contribution < -0.4 is 0 Å². The molecule has 1 aromatic carbocycles. The molecule has 1 aromatic rings.